The summed E-state index contributed by atoms with van der Waals surface area (Å²) in [7, 11) is 4.81. The maximum atomic E-state index is 11.7. The molecule has 0 N–H and O–H groups in total. The lowest BCUT2D eigenvalue weighted by atomic mass is 10.3. The average molecular weight is 376 g/mol. The van der Waals surface area contributed by atoms with Crippen LogP contribution in [0.3, 0.4) is 0 Å². The summed E-state index contributed by atoms with van der Waals surface area (Å²) in [5.41, 5.74) is 0. The Bertz CT molecular complexity index is 456. The van der Waals surface area contributed by atoms with Crippen LogP contribution in [-0.2, 0) is 8.26 Å². The normalized spacial score (nSPS) is 11.4. The number of benzene rings is 1. The molecule has 0 aliphatic heterocycles. The molecule has 1 aromatic carbocycles. The molecular formula is C7H4BrCl2F3O3S. The highest BCUT2D eigenvalue weighted by molar-refractivity contribution is 9.10. The van der Waals surface area contributed by atoms with Crippen LogP contribution < -0.4 is 4.74 Å². The molecule has 0 aliphatic carbocycles. The van der Waals surface area contributed by atoms with Crippen LogP contribution in [-0.4, -0.2) is 14.8 Å². The maximum absolute atomic E-state index is 11.7. The number of hydrogen-bond donors (Lipinski definition) is 0. The van der Waals surface area contributed by atoms with Gasteiger partial charge >= 0.3 is 14.6 Å². The summed E-state index contributed by atoms with van der Waals surface area (Å²) in [6.45, 7) is 0. The van der Waals surface area contributed by atoms with Gasteiger partial charge in [0, 0.05) is 21.4 Å². The van der Waals surface area contributed by atoms with Crippen molar-refractivity contribution in [2.45, 2.75) is 6.36 Å². The molecule has 10 heteroatoms. The maximum Gasteiger partial charge on any atom is 0.573 e. The van der Waals surface area contributed by atoms with Crippen molar-refractivity contribution in [1.29, 1.82) is 0 Å². The molecule has 0 aliphatic rings. The van der Waals surface area contributed by atoms with E-state index >= 15 is 0 Å². The lowest BCUT2D eigenvalue weighted by molar-refractivity contribution is -0.274. The second-order valence-electron chi connectivity index (χ2n) is 2.36. The van der Waals surface area contributed by atoms with E-state index in [1.165, 1.54) is 18.2 Å². The van der Waals surface area contributed by atoms with E-state index in [-0.39, 0.29) is 10.2 Å². The minimum Gasteiger partial charge on any atom is -0.405 e. The molecule has 0 radical (unpaired) electrons. The third kappa shape index (κ3) is 12.1. The summed E-state index contributed by atoms with van der Waals surface area (Å²) < 4.78 is 57.3. The van der Waals surface area contributed by atoms with E-state index in [0.717, 1.165) is 0 Å². The van der Waals surface area contributed by atoms with Gasteiger partial charge in [-0.15, -0.1) is 13.2 Å². The molecule has 17 heavy (non-hydrogen) atoms. The first kappa shape index (κ1) is 16.8. The van der Waals surface area contributed by atoms with Crippen LogP contribution in [0.25, 0.3) is 0 Å². The molecule has 0 bridgehead atoms. The molecule has 0 amide bonds. The van der Waals surface area contributed by atoms with Gasteiger partial charge in [0.25, 0.3) is 0 Å². The number of para-hydroxylation sites is 1. The molecule has 98 valence electrons. The van der Waals surface area contributed by atoms with Crippen molar-refractivity contribution in [3.05, 3.63) is 28.7 Å². The van der Waals surface area contributed by atoms with Crippen LogP contribution >= 0.6 is 37.3 Å². The number of alkyl halides is 3. The Morgan fingerprint density at radius 2 is 1.59 bits per heavy atom. The van der Waals surface area contributed by atoms with Gasteiger partial charge in [0.15, 0.2) is 0 Å². The molecule has 0 atom stereocenters. The zero-order chi connectivity index (χ0) is 13.7. The Labute approximate surface area is 113 Å². The molecule has 0 unspecified atom stereocenters. The summed E-state index contributed by atoms with van der Waals surface area (Å²) in [5, 5.41) is 0. The van der Waals surface area contributed by atoms with E-state index in [9.17, 15) is 13.2 Å². The third-order valence-corrected chi connectivity index (χ3v) is 1.72. The topological polar surface area (TPSA) is 43.4 Å². The smallest absolute Gasteiger partial charge is 0.405 e. The van der Waals surface area contributed by atoms with Gasteiger partial charge in [-0.25, -0.2) is 0 Å². The SMILES string of the molecule is FC(F)(F)Oc1ccccc1Br.O=S(=O)(Cl)Cl. The van der Waals surface area contributed by atoms with Crippen molar-refractivity contribution in [3.8, 4) is 5.75 Å². The van der Waals surface area contributed by atoms with Crippen molar-refractivity contribution in [1.82, 2.24) is 0 Å². The lowest BCUT2D eigenvalue weighted by Gasteiger charge is -2.09. The number of hydrogen-bond acceptors (Lipinski definition) is 3. The van der Waals surface area contributed by atoms with Crippen molar-refractivity contribution in [3.63, 3.8) is 0 Å². The van der Waals surface area contributed by atoms with Gasteiger partial charge in [-0.3, -0.25) is 0 Å². The van der Waals surface area contributed by atoms with Crippen LogP contribution in [0.4, 0.5) is 13.2 Å². The van der Waals surface area contributed by atoms with Crippen LogP contribution in [0.1, 0.15) is 0 Å². The summed E-state index contributed by atoms with van der Waals surface area (Å²) in [4.78, 5) is 0. The predicted octanol–water partition coefficient (Wildman–Crippen LogP) is 4.06. The van der Waals surface area contributed by atoms with Gasteiger partial charge < -0.3 is 4.74 Å². The number of rotatable bonds is 1. The van der Waals surface area contributed by atoms with E-state index in [2.05, 4.69) is 42.0 Å². The highest BCUT2D eigenvalue weighted by atomic mass is 79.9. The lowest BCUT2D eigenvalue weighted by Crippen LogP contribution is -2.17. The summed E-state index contributed by atoms with van der Waals surface area (Å²) >= 11 is 2.92. The molecule has 0 aromatic heterocycles. The quantitative estimate of drug-likeness (QED) is 0.695. The minimum absolute atomic E-state index is 0.231. The molecule has 0 fully saturated rings. The van der Waals surface area contributed by atoms with Crippen LogP contribution in [0.15, 0.2) is 28.7 Å². The van der Waals surface area contributed by atoms with Gasteiger partial charge in [0.1, 0.15) is 5.75 Å². The standard InChI is InChI=1S/C7H4BrF3O.Cl2O2S/c8-5-3-1-2-4-6(5)12-7(9,10)11;1-5(2,3)4/h1-4H;. The van der Waals surface area contributed by atoms with Gasteiger partial charge in [-0.2, -0.15) is 8.42 Å². The van der Waals surface area contributed by atoms with Crippen molar-refractivity contribution < 1.29 is 26.3 Å². The molecular weight excluding hydrogens is 372 g/mol. The minimum atomic E-state index is -4.64. The fraction of sp³-hybridized carbons (Fsp3) is 0.143. The Morgan fingerprint density at radius 1 is 1.18 bits per heavy atom. The first-order valence-corrected chi connectivity index (χ1v) is 7.56. The summed E-state index contributed by atoms with van der Waals surface area (Å²) in [6.07, 6.45) is -4.64. The highest BCUT2D eigenvalue weighted by Gasteiger charge is 2.31. The number of halogens is 6. The molecule has 0 saturated carbocycles. The highest BCUT2D eigenvalue weighted by Crippen LogP contribution is 2.29. The second-order valence-corrected chi connectivity index (χ2v) is 6.88. The van der Waals surface area contributed by atoms with Crippen LogP contribution in [0, 0.1) is 0 Å². The Hall–Kier alpha value is -0.180. The molecule has 0 heterocycles. The first-order valence-electron chi connectivity index (χ1n) is 3.63. The molecule has 3 nitrogen and oxygen atoms in total. The number of ether oxygens (including phenoxy) is 1. The Morgan fingerprint density at radius 3 is 1.94 bits per heavy atom. The monoisotopic (exact) mass is 374 g/mol. The van der Waals surface area contributed by atoms with E-state index in [4.69, 9.17) is 8.42 Å². The summed E-state index contributed by atoms with van der Waals surface area (Å²) in [6, 6.07) is 5.78. The zero-order valence-corrected chi connectivity index (χ0v) is 11.6. The fourth-order valence-electron chi connectivity index (χ4n) is 0.652. The molecule has 0 spiro atoms. The second kappa shape index (κ2) is 6.67. The van der Waals surface area contributed by atoms with Crippen molar-refractivity contribution in [2.24, 2.45) is 0 Å². The largest absolute Gasteiger partial charge is 0.573 e. The van der Waals surface area contributed by atoms with Gasteiger partial charge in [-0.1, -0.05) is 12.1 Å². The van der Waals surface area contributed by atoms with Crippen LogP contribution in [0.5, 0.6) is 5.75 Å². The third-order valence-electron chi connectivity index (χ3n) is 1.06. The van der Waals surface area contributed by atoms with Gasteiger partial charge in [-0.05, 0) is 28.1 Å². The van der Waals surface area contributed by atoms with E-state index in [1.807, 2.05) is 0 Å². The first-order chi connectivity index (χ1) is 7.49. The predicted molar refractivity (Wildman–Crippen MR) is 61.5 cm³/mol. The van der Waals surface area contributed by atoms with Crippen molar-refractivity contribution in [2.75, 3.05) is 0 Å². The molecule has 1 rings (SSSR count). The average Bonchev–Trinajstić information content (AvgIpc) is 2.03. The Balaban J connectivity index is 0.000000437. The van der Waals surface area contributed by atoms with Crippen LogP contribution in [0.2, 0.25) is 0 Å². The van der Waals surface area contributed by atoms with Gasteiger partial charge in [0.2, 0.25) is 0 Å². The summed E-state index contributed by atoms with van der Waals surface area (Å²) in [5.74, 6) is -0.231. The van der Waals surface area contributed by atoms with E-state index in [1.54, 1.807) is 6.07 Å². The van der Waals surface area contributed by atoms with Gasteiger partial charge in [0.05, 0.1) is 4.47 Å². The molecule has 0 saturated heterocycles. The van der Waals surface area contributed by atoms with E-state index in [0.29, 0.717) is 0 Å². The molecule has 1 aromatic rings. The van der Waals surface area contributed by atoms with E-state index < -0.39 is 14.6 Å². The zero-order valence-electron chi connectivity index (χ0n) is 7.71. The van der Waals surface area contributed by atoms with Crippen molar-refractivity contribution >= 4 is 45.6 Å². The fourth-order valence-corrected chi connectivity index (χ4v) is 1.02. The Kier molecular flexibility index (Phi) is 6.60.